The minimum Gasteiger partial charge on any atom is -0.366 e. The molecule has 30 heavy (non-hydrogen) atoms. The first kappa shape index (κ1) is 21.2. The molecule has 3 aromatic heterocycles. The number of nitrogens with one attached hydrogen (secondary N) is 3. The van der Waals surface area contributed by atoms with Crippen LogP contribution in [0.3, 0.4) is 0 Å². The number of piperidine rings is 1. The highest BCUT2D eigenvalue weighted by Gasteiger charge is 2.22. The molecule has 0 bridgehead atoms. The largest absolute Gasteiger partial charge is 0.366 e. The van der Waals surface area contributed by atoms with Gasteiger partial charge in [-0.2, -0.15) is 10.2 Å². The van der Waals surface area contributed by atoms with E-state index in [4.69, 9.17) is 0 Å². The number of amides is 1. The zero-order valence-corrected chi connectivity index (χ0v) is 16.3. The van der Waals surface area contributed by atoms with Gasteiger partial charge in [0.2, 0.25) is 0 Å². The summed E-state index contributed by atoms with van der Waals surface area (Å²) < 4.78 is 28.9. The number of nitrogens with zero attached hydrogens (tertiary/aromatic N) is 5. The number of fused-ring (bicyclic) bond motifs is 1. The molecule has 1 aliphatic heterocycles. The molecule has 4 rings (SSSR count). The van der Waals surface area contributed by atoms with Crippen molar-refractivity contribution >= 4 is 23.1 Å². The van der Waals surface area contributed by atoms with Crippen LogP contribution < -0.4 is 16.0 Å². The Morgan fingerprint density at radius 1 is 1.40 bits per heavy atom. The first-order chi connectivity index (χ1) is 14.5. The smallest absolute Gasteiger partial charge is 0.284 e. The Balaban J connectivity index is 0.00000124. The maximum absolute atomic E-state index is 13.1. The molecule has 4 heterocycles. The maximum atomic E-state index is 13.1. The number of anilines is 2. The lowest BCUT2D eigenvalue weighted by Gasteiger charge is -2.24. The van der Waals surface area contributed by atoms with E-state index in [-0.39, 0.29) is 17.3 Å². The van der Waals surface area contributed by atoms with Crippen LogP contribution in [0.5, 0.6) is 0 Å². The number of halogens is 2. The summed E-state index contributed by atoms with van der Waals surface area (Å²) >= 11 is 0. The minimum absolute atomic E-state index is 0.0376. The quantitative estimate of drug-likeness (QED) is 0.551. The number of hydrogen-bond acceptors (Lipinski definition) is 6. The van der Waals surface area contributed by atoms with Crippen LogP contribution in [0.4, 0.5) is 20.3 Å². The second kappa shape index (κ2) is 9.32. The van der Waals surface area contributed by atoms with Crippen molar-refractivity contribution in [3.8, 4) is 12.8 Å². The van der Waals surface area contributed by atoms with Crippen LogP contribution in [-0.2, 0) is 7.05 Å². The molecule has 0 saturated carbocycles. The SMILES string of the molecule is C#C.Cn1cc(NC(=O)c2cnn3ccc(N[C@H]4CCCNC4)nc23)c(C(F)F)n1. The number of aromatic nitrogens is 5. The predicted octanol–water partition coefficient (Wildman–Crippen LogP) is 2.07. The molecule has 0 radical (unpaired) electrons. The van der Waals surface area contributed by atoms with E-state index in [9.17, 15) is 13.6 Å². The summed E-state index contributed by atoms with van der Waals surface area (Å²) in [5.41, 5.74) is 0.0140. The average Bonchev–Trinajstić information content (AvgIpc) is 3.33. The van der Waals surface area contributed by atoms with E-state index < -0.39 is 18.0 Å². The Morgan fingerprint density at radius 2 is 2.20 bits per heavy atom. The van der Waals surface area contributed by atoms with Crippen molar-refractivity contribution < 1.29 is 13.6 Å². The van der Waals surface area contributed by atoms with Crippen molar-refractivity contribution in [1.29, 1.82) is 0 Å². The fourth-order valence-electron chi connectivity index (χ4n) is 3.25. The zero-order chi connectivity index (χ0) is 21.7. The molecule has 1 amide bonds. The van der Waals surface area contributed by atoms with Crippen LogP contribution in [0.15, 0.2) is 24.7 Å². The van der Waals surface area contributed by atoms with Gasteiger partial charge in [-0.25, -0.2) is 18.3 Å². The number of alkyl halides is 2. The van der Waals surface area contributed by atoms with Crippen LogP contribution in [0.25, 0.3) is 5.65 Å². The molecular weight excluding hydrogens is 394 g/mol. The van der Waals surface area contributed by atoms with Gasteiger partial charge in [-0.1, -0.05) is 0 Å². The molecule has 0 aromatic carbocycles. The van der Waals surface area contributed by atoms with E-state index in [0.717, 1.165) is 25.9 Å². The number of aryl methyl sites for hydroxylation is 1. The topological polar surface area (TPSA) is 101 Å². The van der Waals surface area contributed by atoms with Crippen molar-refractivity contribution in [1.82, 2.24) is 29.7 Å². The first-order valence-corrected chi connectivity index (χ1v) is 9.29. The predicted molar refractivity (Wildman–Crippen MR) is 109 cm³/mol. The van der Waals surface area contributed by atoms with Crippen molar-refractivity contribution in [2.75, 3.05) is 23.7 Å². The number of carbonyl (C=O) groups excluding carboxylic acids is 1. The Labute approximate surface area is 171 Å². The molecule has 9 nitrogen and oxygen atoms in total. The Hall–Kier alpha value is -3.52. The molecule has 158 valence electrons. The number of terminal acetylenes is 1. The summed E-state index contributed by atoms with van der Waals surface area (Å²) in [7, 11) is 1.51. The highest BCUT2D eigenvalue weighted by atomic mass is 19.3. The summed E-state index contributed by atoms with van der Waals surface area (Å²) in [4.78, 5) is 17.1. The monoisotopic (exact) mass is 416 g/mol. The van der Waals surface area contributed by atoms with E-state index in [1.54, 1.807) is 12.3 Å². The van der Waals surface area contributed by atoms with Gasteiger partial charge in [0.1, 0.15) is 11.4 Å². The van der Waals surface area contributed by atoms with Gasteiger partial charge in [-0.15, -0.1) is 12.8 Å². The van der Waals surface area contributed by atoms with Crippen molar-refractivity contribution in [2.45, 2.75) is 25.3 Å². The normalized spacial score (nSPS) is 16.1. The third-order valence-electron chi connectivity index (χ3n) is 4.57. The molecule has 1 aliphatic rings. The van der Waals surface area contributed by atoms with Gasteiger partial charge in [0.05, 0.1) is 11.9 Å². The number of carbonyl (C=O) groups is 1. The average molecular weight is 416 g/mol. The van der Waals surface area contributed by atoms with Crippen LogP contribution in [0.2, 0.25) is 0 Å². The van der Waals surface area contributed by atoms with Gasteiger partial charge in [0.15, 0.2) is 11.3 Å². The van der Waals surface area contributed by atoms with E-state index in [0.29, 0.717) is 11.5 Å². The van der Waals surface area contributed by atoms with Crippen molar-refractivity contribution in [3.63, 3.8) is 0 Å². The fourth-order valence-corrected chi connectivity index (χ4v) is 3.25. The minimum atomic E-state index is -2.79. The number of rotatable bonds is 5. The summed E-state index contributed by atoms with van der Waals surface area (Å²) in [6, 6.07) is 2.04. The first-order valence-electron chi connectivity index (χ1n) is 9.29. The summed E-state index contributed by atoms with van der Waals surface area (Å²) in [6.07, 6.45) is 11.7. The summed E-state index contributed by atoms with van der Waals surface area (Å²) in [5.74, 6) is 0.0549. The molecule has 1 fully saturated rings. The molecule has 0 aliphatic carbocycles. The molecule has 1 atom stereocenters. The molecule has 11 heteroatoms. The van der Waals surface area contributed by atoms with Crippen molar-refractivity contribution in [3.05, 3.63) is 35.9 Å². The van der Waals surface area contributed by atoms with Crippen LogP contribution >= 0.6 is 0 Å². The maximum Gasteiger partial charge on any atom is 0.284 e. The molecule has 1 saturated heterocycles. The lowest BCUT2D eigenvalue weighted by Crippen LogP contribution is -2.38. The zero-order valence-electron chi connectivity index (χ0n) is 16.3. The second-order valence-electron chi connectivity index (χ2n) is 6.68. The summed E-state index contributed by atoms with van der Waals surface area (Å²) in [5, 5.41) is 17.0. The highest BCUT2D eigenvalue weighted by molar-refractivity contribution is 6.08. The van der Waals surface area contributed by atoms with E-state index in [1.165, 1.54) is 28.6 Å². The van der Waals surface area contributed by atoms with Gasteiger partial charge in [0, 0.05) is 32.0 Å². The molecule has 0 unspecified atom stereocenters. The molecule has 3 N–H and O–H groups in total. The Kier molecular flexibility index (Phi) is 6.58. The van der Waals surface area contributed by atoms with Crippen LogP contribution in [0.1, 0.15) is 35.3 Å². The summed E-state index contributed by atoms with van der Waals surface area (Å²) in [6.45, 7) is 1.85. The molecule has 0 spiro atoms. The lowest BCUT2D eigenvalue weighted by atomic mass is 10.1. The van der Waals surface area contributed by atoms with Crippen molar-refractivity contribution in [2.24, 2.45) is 7.05 Å². The van der Waals surface area contributed by atoms with E-state index in [1.807, 2.05) is 0 Å². The Bertz CT molecular complexity index is 1040. The van der Waals surface area contributed by atoms with Gasteiger partial charge >= 0.3 is 0 Å². The van der Waals surface area contributed by atoms with Crippen LogP contribution in [0, 0.1) is 12.8 Å². The number of hydrogen-bond donors (Lipinski definition) is 3. The van der Waals surface area contributed by atoms with E-state index in [2.05, 4.69) is 44.0 Å². The molecule has 3 aromatic rings. The van der Waals surface area contributed by atoms with Crippen LogP contribution in [-0.4, -0.2) is 49.4 Å². The fraction of sp³-hybridized carbons (Fsp3) is 0.368. The molecular formula is C19H22F2N8O. The van der Waals surface area contributed by atoms with E-state index >= 15 is 0 Å². The van der Waals surface area contributed by atoms with Gasteiger partial charge in [-0.05, 0) is 25.5 Å². The lowest BCUT2D eigenvalue weighted by molar-refractivity contribution is 0.102. The highest BCUT2D eigenvalue weighted by Crippen LogP contribution is 2.26. The third kappa shape index (κ3) is 4.55. The van der Waals surface area contributed by atoms with Gasteiger partial charge in [0.25, 0.3) is 12.3 Å². The second-order valence-corrected chi connectivity index (χ2v) is 6.68. The van der Waals surface area contributed by atoms with Gasteiger partial charge in [-0.3, -0.25) is 9.48 Å². The standard InChI is InChI=1S/C17H20F2N8O.C2H2/c1-26-9-12(14(25-26)15(18)19)23-17(28)11-8-21-27-6-4-13(24-16(11)27)22-10-3-2-5-20-7-10;1-2/h4,6,8-10,15,20H,2-3,5,7H2,1H3,(H,22,24)(H,23,28);1-2H/t10-;/m0./s1. The Morgan fingerprint density at radius 3 is 2.90 bits per heavy atom. The third-order valence-corrected chi connectivity index (χ3v) is 4.57. The van der Waals surface area contributed by atoms with Gasteiger partial charge < -0.3 is 16.0 Å².